The zero-order chi connectivity index (χ0) is 13.0. The Morgan fingerprint density at radius 3 is 2.44 bits per heavy atom. The molecular weight excluding hydrogens is 264 g/mol. The summed E-state index contributed by atoms with van der Waals surface area (Å²) < 4.78 is 0.678. The number of H-pyrrole nitrogens is 1. The molecule has 0 aliphatic rings. The van der Waals surface area contributed by atoms with Crippen LogP contribution in [-0.4, -0.2) is 23.3 Å². The number of nitrogens with zero attached hydrogens (tertiary/aromatic N) is 2. The van der Waals surface area contributed by atoms with Crippen molar-refractivity contribution in [1.29, 1.82) is 0 Å². The Hall–Kier alpha value is -1.40. The summed E-state index contributed by atoms with van der Waals surface area (Å²) in [4.78, 5) is 2.31. The number of aromatic amines is 1. The van der Waals surface area contributed by atoms with Crippen molar-refractivity contribution in [2.75, 3.05) is 23.3 Å². The van der Waals surface area contributed by atoms with Gasteiger partial charge in [0.25, 0.3) is 0 Å². The molecule has 1 heterocycles. The standard InChI is InChI=1S/C12H16N4S2/c1-3-16(4-2)10-7-5-9(6-8-10)13-11-14-15-12(17)18-11/h5-8H,3-4H2,1-2H3,(H,13,14)(H,15,17). The van der Waals surface area contributed by atoms with Crippen LogP contribution in [0.4, 0.5) is 16.5 Å². The highest BCUT2D eigenvalue weighted by Crippen LogP contribution is 2.22. The molecule has 0 aliphatic heterocycles. The van der Waals surface area contributed by atoms with Gasteiger partial charge in [-0.15, -0.1) is 5.10 Å². The Bertz CT molecular complexity index is 540. The summed E-state index contributed by atoms with van der Waals surface area (Å²) in [6.45, 7) is 6.35. The first-order chi connectivity index (χ1) is 8.72. The molecule has 0 atom stereocenters. The number of hydrogen-bond acceptors (Lipinski definition) is 5. The van der Waals surface area contributed by atoms with Crippen LogP contribution in [0.2, 0.25) is 0 Å². The lowest BCUT2D eigenvalue weighted by Crippen LogP contribution is -2.21. The summed E-state index contributed by atoms with van der Waals surface area (Å²) in [6.07, 6.45) is 0. The lowest BCUT2D eigenvalue weighted by Gasteiger charge is -2.21. The Labute approximate surface area is 116 Å². The lowest BCUT2D eigenvalue weighted by atomic mass is 10.2. The zero-order valence-electron chi connectivity index (χ0n) is 10.4. The molecule has 0 saturated heterocycles. The highest BCUT2D eigenvalue weighted by Gasteiger charge is 2.02. The minimum atomic E-state index is 0.678. The van der Waals surface area contributed by atoms with E-state index in [0.717, 1.165) is 23.9 Å². The first-order valence-electron chi connectivity index (χ1n) is 5.90. The second-order valence-corrected chi connectivity index (χ2v) is 5.43. The van der Waals surface area contributed by atoms with Crippen LogP contribution in [0.3, 0.4) is 0 Å². The normalized spacial score (nSPS) is 10.3. The molecule has 18 heavy (non-hydrogen) atoms. The van der Waals surface area contributed by atoms with Gasteiger partial charge in [-0.1, -0.05) is 11.3 Å². The number of hydrogen-bond donors (Lipinski definition) is 2. The van der Waals surface area contributed by atoms with Crippen LogP contribution in [0.15, 0.2) is 24.3 Å². The van der Waals surface area contributed by atoms with E-state index in [1.807, 2.05) is 0 Å². The molecule has 6 heteroatoms. The Morgan fingerprint density at radius 1 is 1.28 bits per heavy atom. The number of nitrogens with one attached hydrogen (secondary N) is 2. The maximum atomic E-state index is 4.99. The molecule has 0 bridgehead atoms. The number of aromatic nitrogens is 2. The van der Waals surface area contributed by atoms with E-state index in [4.69, 9.17) is 12.2 Å². The molecule has 0 amide bonds. The van der Waals surface area contributed by atoms with Gasteiger partial charge in [0.1, 0.15) is 0 Å². The highest BCUT2D eigenvalue weighted by atomic mass is 32.1. The van der Waals surface area contributed by atoms with Crippen LogP contribution in [0, 0.1) is 3.95 Å². The van der Waals surface area contributed by atoms with Crippen molar-refractivity contribution >= 4 is 40.1 Å². The molecule has 1 aromatic carbocycles. The van der Waals surface area contributed by atoms with E-state index in [2.05, 4.69) is 58.5 Å². The summed E-state index contributed by atoms with van der Waals surface area (Å²) in [5.74, 6) is 0. The third-order valence-corrected chi connectivity index (χ3v) is 3.69. The van der Waals surface area contributed by atoms with Crippen LogP contribution in [0.1, 0.15) is 13.8 Å². The minimum Gasteiger partial charge on any atom is -0.372 e. The van der Waals surface area contributed by atoms with Crippen molar-refractivity contribution in [3.63, 3.8) is 0 Å². The lowest BCUT2D eigenvalue weighted by molar-refractivity contribution is 0.866. The van der Waals surface area contributed by atoms with Crippen molar-refractivity contribution in [3.8, 4) is 0 Å². The van der Waals surface area contributed by atoms with Gasteiger partial charge in [0.2, 0.25) is 5.13 Å². The van der Waals surface area contributed by atoms with Gasteiger partial charge in [-0.3, -0.25) is 5.10 Å². The molecule has 96 valence electrons. The second-order valence-electron chi connectivity index (χ2n) is 3.76. The molecule has 2 N–H and O–H groups in total. The summed E-state index contributed by atoms with van der Waals surface area (Å²) in [7, 11) is 0. The number of rotatable bonds is 5. The minimum absolute atomic E-state index is 0.678. The third kappa shape index (κ3) is 3.08. The summed E-state index contributed by atoms with van der Waals surface area (Å²) in [6, 6.07) is 8.33. The van der Waals surface area contributed by atoms with E-state index in [1.165, 1.54) is 17.0 Å². The maximum Gasteiger partial charge on any atom is 0.208 e. The molecule has 0 fully saturated rings. The van der Waals surface area contributed by atoms with E-state index in [-0.39, 0.29) is 0 Å². The molecule has 2 rings (SSSR count). The van der Waals surface area contributed by atoms with E-state index >= 15 is 0 Å². The summed E-state index contributed by atoms with van der Waals surface area (Å²) >= 11 is 6.42. The fourth-order valence-electron chi connectivity index (χ4n) is 1.75. The number of anilines is 3. The largest absolute Gasteiger partial charge is 0.372 e. The van der Waals surface area contributed by atoms with Gasteiger partial charge in [-0.2, -0.15) is 0 Å². The molecule has 0 unspecified atom stereocenters. The fourth-order valence-corrected chi connectivity index (χ4v) is 2.56. The molecule has 0 spiro atoms. The quantitative estimate of drug-likeness (QED) is 0.818. The average molecular weight is 280 g/mol. The van der Waals surface area contributed by atoms with E-state index in [9.17, 15) is 0 Å². The van der Waals surface area contributed by atoms with Gasteiger partial charge >= 0.3 is 0 Å². The SMILES string of the molecule is CCN(CC)c1ccc(Nc2n[nH]c(=S)s2)cc1. The zero-order valence-corrected chi connectivity index (χ0v) is 12.1. The smallest absolute Gasteiger partial charge is 0.208 e. The van der Waals surface area contributed by atoms with Crippen molar-refractivity contribution in [2.24, 2.45) is 0 Å². The van der Waals surface area contributed by atoms with Crippen molar-refractivity contribution in [1.82, 2.24) is 10.2 Å². The predicted octanol–water partition coefficient (Wildman–Crippen LogP) is 3.79. The van der Waals surface area contributed by atoms with Crippen LogP contribution in [-0.2, 0) is 0 Å². The van der Waals surface area contributed by atoms with E-state index in [0.29, 0.717) is 3.95 Å². The van der Waals surface area contributed by atoms with Crippen LogP contribution in [0.5, 0.6) is 0 Å². The van der Waals surface area contributed by atoms with Crippen LogP contribution in [0.25, 0.3) is 0 Å². The molecule has 4 nitrogen and oxygen atoms in total. The van der Waals surface area contributed by atoms with Gasteiger partial charge in [-0.25, -0.2) is 0 Å². The van der Waals surface area contributed by atoms with E-state index in [1.54, 1.807) is 0 Å². The molecule has 1 aromatic heterocycles. The third-order valence-electron chi connectivity index (χ3n) is 2.69. The summed E-state index contributed by atoms with van der Waals surface area (Å²) in [5, 5.41) is 10.8. The van der Waals surface area contributed by atoms with Crippen molar-refractivity contribution < 1.29 is 0 Å². The van der Waals surface area contributed by atoms with Crippen molar-refractivity contribution in [3.05, 3.63) is 28.2 Å². The van der Waals surface area contributed by atoms with Crippen molar-refractivity contribution in [2.45, 2.75) is 13.8 Å². The van der Waals surface area contributed by atoms with E-state index < -0.39 is 0 Å². The second kappa shape index (κ2) is 5.97. The summed E-state index contributed by atoms with van der Waals surface area (Å²) in [5.41, 5.74) is 2.25. The molecular formula is C12H16N4S2. The van der Waals surface area contributed by atoms with Gasteiger partial charge in [0.05, 0.1) is 0 Å². The van der Waals surface area contributed by atoms with Gasteiger partial charge in [0, 0.05) is 24.5 Å². The van der Waals surface area contributed by atoms with Crippen LogP contribution < -0.4 is 10.2 Å². The molecule has 0 radical (unpaired) electrons. The predicted molar refractivity (Wildman–Crippen MR) is 80.6 cm³/mol. The van der Waals surface area contributed by atoms with Gasteiger partial charge in [0.15, 0.2) is 3.95 Å². The first-order valence-corrected chi connectivity index (χ1v) is 7.13. The maximum absolute atomic E-state index is 4.99. The first kappa shape index (κ1) is 13.0. The molecule has 0 saturated carbocycles. The van der Waals surface area contributed by atoms with Crippen LogP contribution >= 0.6 is 23.6 Å². The monoisotopic (exact) mass is 280 g/mol. The molecule has 0 aliphatic carbocycles. The Morgan fingerprint density at radius 2 is 1.94 bits per heavy atom. The average Bonchev–Trinajstić information content (AvgIpc) is 2.78. The fraction of sp³-hybridized carbons (Fsp3) is 0.333. The Balaban J connectivity index is 2.10. The van der Waals surface area contributed by atoms with Gasteiger partial charge < -0.3 is 10.2 Å². The molecule has 2 aromatic rings. The topological polar surface area (TPSA) is 44.0 Å². The number of benzene rings is 1. The Kier molecular flexibility index (Phi) is 4.33. The highest BCUT2D eigenvalue weighted by molar-refractivity contribution is 7.73. The van der Waals surface area contributed by atoms with Gasteiger partial charge in [-0.05, 0) is 50.3 Å².